The number of aromatic nitrogens is 1. The van der Waals surface area contributed by atoms with E-state index in [1.807, 2.05) is 30.3 Å². The number of hydrogen-bond donors (Lipinski definition) is 0. The molecule has 0 aliphatic rings. The fourth-order valence-corrected chi connectivity index (χ4v) is 1.85. The van der Waals surface area contributed by atoms with Crippen LogP contribution in [0, 0.1) is 0 Å². The first-order valence-corrected chi connectivity index (χ1v) is 6.38. The molecule has 2 rings (SSSR count). The van der Waals surface area contributed by atoms with Crippen LogP contribution in [-0.2, 0) is 9.53 Å². The number of nitrogens with zero attached hydrogens (tertiary/aromatic N) is 2. The summed E-state index contributed by atoms with van der Waals surface area (Å²) in [6.45, 7) is 1.95. The Labute approximate surface area is 117 Å². The normalized spacial score (nSPS) is 10.3. The number of rotatable bonds is 4. The third kappa shape index (κ3) is 3.12. The SMILES string of the molecule is CCOC(=O)CN(C)C(=O)c1ccc2ccccc2n1. The van der Waals surface area contributed by atoms with Crippen molar-refractivity contribution in [2.75, 3.05) is 20.2 Å². The summed E-state index contributed by atoms with van der Waals surface area (Å²) in [5.41, 5.74) is 1.07. The van der Waals surface area contributed by atoms with Crippen molar-refractivity contribution < 1.29 is 14.3 Å². The summed E-state index contributed by atoms with van der Waals surface area (Å²) in [7, 11) is 1.55. The molecular weight excluding hydrogens is 256 g/mol. The summed E-state index contributed by atoms with van der Waals surface area (Å²) < 4.78 is 4.82. The Morgan fingerprint density at radius 2 is 1.95 bits per heavy atom. The van der Waals surface area contributed by atoms with E-state index in [4.69, 9.17) is 4.74 Å². The van der Waals surface area contributed by atoms with Crippen molar-refractivity contribution in [1.29, 1.82) is 0 Å². The van der Waals surface area contributed by atoms with Crippen molar-refractivity contribution in [2.24, 2.45) is 0 Å². The molecule has 0 saturated heterocycles. The third-order valence-corrected chi connectivity index (χ3v) is 2.84. The van der Waals surface area contributed by atoms with Crippen molar-refractivity contribution in [1.82, 2.24) is 9.88 Å². The molecule has 0 spiro atoms. The van der Waals surface area contributed by atoms with Crippen molar-refractivity contribution in [3.8, 4) is 0 Å². The maximum absolute atomic E-state index is 12.2. The molecule has 0 fully saturated rings. The zero-order chi connectivity index (χ0) is 14.5. The molecule has 5 heteroatoms. The molecule has 1 aromatic carbocycles. The van der Waals surface area contributed by atoms with Crippen LogP contribution in [0.15, 0.2) is 36.4 Å². The molecule has 0 aliphatic heterocycles. The number of benzene rings is 1. The van der Waals surface area contributed by atoms with E-state index in [0.29, 0.717) is 12.3 Å². The van der Waals surface area contributed by atoms with E-state index in [1.54, 1.807) is 20.0 Å². The number of fused-ring (bicyclic) bond motifs is 1. The van der Waals surface area contributed by atoms with E-state index in [9.17, 15) is 9.59 Å². The maximum atomic E-state index is 12.2. The molecule has 0 atom stereocenters. The van der Waals surface area contributed by atoms with Crippen LogP contribution in [0.25, 0.3) is 10.9 Å². The lowest BCUT2D eigenvalue weighted by molar-refractivity contribution is -0.143. The Bertz CT molecular complexity index is 640. The van der Waals surface area contributed by atoms with E-state index in [0.717, 1.165) is 10.9 Å². The Kier molecular flexibility index (Phi) is 4.30. The fourth-order valence-electron chi connectivity index (χ4n) is 1.85. The molecule has 0 radical (unpaired) electrons. The Hall–Kier alpha value is -2.43. The van der Waals surface area contributed by atoms with Crippen molar-refractivity contribution >= 4 is 22.8 Å². The van der Waals surface area contributed by atoms with Crippen LogP contribution < -0.4 is 0 Å². The van der Waals surface area contributed by atoms with Gasteiger partial charge in [-0.2, -0.15) is 0 Å². The Morgan fingerprint density at radius 3 is 2.70 bits per heavy atom. The van der Waals surface area contributed by atoms with E-state index in [1.165, 1.54) is 4.90 Å². The van der Waals surface area contributed by atoms with Crippen LogP contribution in [0.1, 0.15) is 17.4 Å². The number of likely N-dealkylation sites (N-methyl/N-ethyl adjacent to an activating group) is 1. The van der Waals surface area contributed by atoms with Crippen LogP contribution in [0.3, 0.4) is 0 Å². The van der Waals surface area contributed by atoms with Gasteiger partial charge in [-0.05, 0) is 19.1 Å². The van der Waals surface area contributed by atoms with E-state index >= 15 is 0 Å². The lowest BCUT2D eigenvalue weighted by Crippen LogP contribution is -2.33. The molecule has 0 N–H and O–H groups in total. The third-order valence-electron chi connectivity index (χ3n) is 2.84. The minimum Gasteiger partial charge on any atom is -0.465 e. The number of carbonyl (C=O) groups excluding carboxylic acids is 2. The molecule has 1 amide bonds. The minimum absolute atomic E-state index is 0.0822. The molecule has 20 heavy (non-hydrogen) atoms. The number of carbonyl (C=O) groups is 2. The second-order valence-corrected chi connectivity index (χ2v) is 4.36. The number of hydrogen-bond acceptors (Lipinski definition) is 4. The zero-order valence-electron chi connectivity index (χ0n) is 11.5. The van der Waals surface area contributed by atoms with Gasteiger partial charge in [-0.1, -0.05) is 24.3 Å². The van der Waals surface area contributed by atoms with Gasteiger partial charge in [0.15, 0.2) is 0 Å². The number of ether oxygens (including phenoxy) is 1. The highest BCUT2D eigenvalue weighted by molar-refractivity contribution is 5.96. The van der Waals surface area contributed by atoms with Gasteiger partial charge >= 0.3 is 5.97 Å². The van der Waals surface area contributed by atoms with Gasteiger partial charge in [0, 0.05) is 12.4 Å². The van der Waals surface area contributed by atoms with Gasteiger partial charge in [0.05, 0.1) is 12.1 Å². The second-order valence-electron chi connectivity index (χ2n) is 4.36. The van der Waals surface area contributed by atoms with Gasteiger partial charge in [0.2, 0.25) is 0 Å². The van der Waals surface area contributed by atoms with Gasteiger partial charge in [-0.15, -0.1) is 0 Å². The summed E-state index contributed by atoms with van der Waals surface area (Å²) in [5, 5.41) is 0.970. The van der Waals surface area contributed by atoms with E-state index < -0.39 is 5.97 Å². The van der Waals surface area contributed by atoms with E-state index in [2.05, 4.69) is 4.98 Å². The largest absolute Gasteiger partial charge is 0.465 e. The first-order chi connectivity index (χ1) is 9.61. The molecular formula is C15H16N2O3. The fraction of sp³-hybridized carbons (Fsp3) is 0.267. The molecule has 1 heterocycles. The minimum atomic E-state index is -0.427. The first kappa shape index (κ1) is 14.0. The Balaban J connectivity index is 2.16. The number of esters is 1. The van der Waals surface area contributed by atoms with Gasteiger partial charge < -0.3 is 9.64 Å². The summed E-state index contributed by atoms with van der Waals surface area (Å²) >= 11 is 0. The number of pyridine rings is 1. The zero-order valence-corrected chi connectivity index (χ0v) is 11.5. The van der Waals surface area contributed by atoms with Crippen LogP contribution in [0.5, 0.6) is 0 Å². The van der Waals surface area contributed by atoms with E-state index in [-0.39, 0.29) is 12.5 Å². The molecule has 0 bridgehead atoms. The highest BCUT2D eigenvalue weighted by atomic mass is 16.5. The monoisotopic (exact) mass is 272 g/mol. The highest BCUT2D eigenvalue weighted by Crippen LogP contribution is 2.12. The smallest absolute Gasteiger partial charge is 0.325 e. The summed E-state index contributed by atoms with van der Waals surface area (Å²) in [5.74, 6) is -0.729. The molecule has 0 saturated carbocycles. The number of amides is 1. The van der Waals surface area contributed by atoms with Gasteiger partial charge in [-0.25, -0.2) is 4.98 Å². The van der Waals surface area contributed by atoms with Gasteiger partial charge in [0.25, 0.3) is 5.91 Å². The lowest BCUT2D eigenvalue weighted by atomic mass is 10.2. The average Bonchev–Trinajstić information content (AvgIpc) is 2.46. The topological polar surface area (TPSA) is 59.5 Å². The first-order valence-electron chi connectivity index (χ1n) is 6.38. The molecule has 2 aromatic rings. The lowest BCUT2D eigenvalue weighted by Gasteiger charge is -2.15. The number of para-hydroxylation sites is 1. The molecule has 5 nitrogen and oxygen atoms in total. The Morgan fingerprint density at radius 1 is 1.20 bits per heavy atom. The molecule has 1 aromatic heterocycles. The van der Waals surface area contributed by atoms with Crippen molar-refractivity contribution in [2.45, 2.75) is 6.92 Å². The van der Waals surface area contributed by atoms with Crippen LogP contribution >= 0.6 is 0 Å². The van der Waals surface area contributed by atoms with Gasteiger partial charge in [0.1, 0.15) is 12.2 Å². The predicted molar refractivity (Wildman–Crippen MR) is 75.3 cm³/mol. The quantitative estimate of drug-likeness (QED) is 0.797. The van der Waals surface area contributed by atoms with Crippen LogP contribution in [-0.4, -0.2) is 42.0 Å². The summed E-state index contributed by atoms with van der Waals surface area (Å²) in [6, 6.07) is 11.1. The molecule has 104 valence electrons. The molecule has 0 unspecified atom stereocenters. The highest BCUT2D eigenvalue weighted by Gasteiger charge is 2.16. The average molecular weight is 272 g/mol. The van der Waals surface area contributed by atoms with Crippen LogP contribution in [0.4, 0.5) is 0 Å². The standard InChI is InChI=1S/C15H16N2O3/c1-3-20-14(18)10-17(2)15(19)13-9-8-11-6-4-5-7-12(11)16-13/h4-9H,3,10H2,1-2H3. The second kappa shape index (κ2) is 6.14. The van der Waals surface area contributed by atoms with Gasteiger partial charge in [-0.3, -0.25) is 9.59 Å². The molecule has 0 aliphatic carbocycles. The summed E-state index contributed by atoms with van der Waals surface area (Å²) in [4.78, 5) is 29.2. The van der Waals surface area contributed by atoms with Crippen molar-refractivity contribution in [3.63, 3.8) is 0 Å². The van der Waals surface area contributed by atoms with Crippen LogP contribution in [0.2, 0.25) is 0 Å². The van der Waals surface area contributed by atoms with Crippen molar-refractivity contribution in [3.05, 3.63) is 42.1 Å². The predicted octanol–water partition coefficient (Wildman–Crippen LogP) is 1.87. The summed E-state index contributed by atoms with van der Waals surface area (Å²) in [6.07, 6.45) is 0. The maximum Gasteiger partial charge on any atom is 0.325 e.